The van der Waals surface area contributed by atoms with Gasteiger partial charge in [0, 0.05) is 11.6 Å². The number of carbonyl (C=O) groups excluding carboxylic acids is 1. The zero-order valence-electron chi connectivity index (χ0n) is 11.4. The lowest BCUT2D eigenvalue weighted by Crippen LogP contribution is -2.23. The Hall–Kier alpha value is -1.35. The number of hydrogen-bond donors (Lipinski definition) is 2. The van der Waals surface area contributed by atoms with E-state index in [0.717, 1.165) is 24.1 Å². The van der Waals surface area contributed by atoms with E-state index in [9.17, 15) is 4.79 Å². The number of carbonyl (C=O) groups is 1. The van der Waals surface area contributed by atoms with Gasteiger partial charge in [0.2, 0.25) is 5.91 Å². The molecule has 0 unspecified atom stereocenters. The molecule has 0 spiro atoms. The zero-order chi connectivity index (χ0) is 13.5. The van der Waals surface area contributed by atoms with Crippen molar-refractivity contribution in [1.29, 1.82) is 0 Å². The van der Waals surface area contributed by atoms with E-state index in [0.29, 0.717) is 0 Å². The Morgan fingerprint density at radius 2 is 1.63 bits per heavy atom. The molecule has 1 saturated carbocycles. The molecule has 1 amide bonds. The molecule has 1 aliphatic carbocycles. The van der Waals surface area contributed by atoms with Crippen LogP contribution in [0.15, 0.2) is 24.3 Å². The van der Waals surface area contributed by atoms with Crippen molar-refractivity contribution in [3.8, 4) is 0 Å². The van der Waals surface area contributed by atoms with Gasteiger partial charge in [0.05, 0.1) is 6.61 Å². The topological polar surface area (TPSA) is 49.3 Å². The summed E-state index contributed by atoms with van der Waals surface area (Å²) in [6.07, 6.45) is 8.20. The molecule has 19 heavy (non-hydrogen) atoms. The number of amides is 1. The van der Waals surface area contributed by atoms with Crippen LogP contribution in [0.1, 0.15) is 50.5 Å². The molecule has 1 aromatic carbocycles. The van der Waals surface area contributed by atoms with Crippen LogP contribution < -0.4 is 5.32 Å². The summed E-state index contributed by atoms with van der Waals surface area (Å²) in [5.41, 5.74) is 1.69. The van der Waals surface area contributed by atoms with Crippen LogP contribution in [-0.4, -0.2) is 11.0 Å². The van der Waals surface area contributed by atoms with Gasteiger partial charge in [0.15, 0.2) is 0 Å². The average molecular weight is 261 g/mol. The van der Waals surface area contributed by atoms with E-state index in [2.05, 4.69) is 5.32 Å². The second kappa shape index (κ2) is 7.29. The smallest absolute Gasteiger partial charge is 0.227 e. The molecule has 1 aromatic rings. The lowest BCUT2D eigenvalue weighted by molar-refractivity contribution is -0.120. The first-order valence-electron chi connectivity index (χ1n) is 7.30. The fourth-order valence-corrected chi connectivity index (χ4v) is 2.66. The number of hydrogen-bond acceptors (Lipinski definition) is 2. The minimum atomic E-state index is 0.0385. The normalized spacial score (nSPS) is 17.5. The third-order valence-corrected chi connectivity index (χ3v) is 3.88. The summed E-state index contributed by atoms with van der Waals surface area (Å²) >= 11 is 0. The predicted molar refractivity (Wildman–Crippen MR) is 76.8 cm³/mol. The summed E-state index contributed by atoms with van der Waals surface area (Å²) in [6.45, 7) is 0.0385. The van der Waals surface area contributed by atoms with Gasteiger partial charge in [-0.25, -0.2) is 0 Å². The fourth-order valence-electron chi connectivity index (χ4n) is 2.66. The maximum atomic E-state index is 12.2. The standard InChI is InChI=1S/C16H23NO2/c18-12-13-8-10-15(11-9-13)17-16(19)14-6-4-2-1-3-5-7-14/h8-11,14,18H,1-7,12H2,(H,17,19). The first kappa shape index (κ1) is 14.1. The average Bonchev–Trinajstić information content (AvgIpc) is 2.39. The van der Waals surface area contributed by atoms with Crippen LogP contribution in [0.5, 0.6) is 0 Å². The number of benzene rings is 1. The quantitative estimate of drug-likeness (QED) is 0.875. The SMILES string of the molecule is O=C(Nc1ccc(CO)cc1)C1CCCCCCC1. The molecule has 3 heteroatoms. The molecule has 1 fully saturated rings. The van der Waals surface area contributed by atoms with E-state index in [1.54, 1.807) is 0 Å². The molecule has 0 heterocycles. The first-order valence-corrected chi connectivity index (χ1v) is 7.30. The highest BCUT2D eigenvalue weighted by Crippen LogP contribution is 2.23. The van der Waals surface area contributed by atoms with Gasteiger partial charge < -0.3 is 10.4 Å². The molecule has 0 radical (unpaired) electrons. The summed E-state index contributed by atoms with van der Waals surface area (Å²) in [6, 6.07) is 7.39. The van der Waals surface area contributed by atoms with Crippen molar-refractivity contribution in [2.75, 3.05) is 5.32 Å². The van der Waals surface area contributed by atoms with Crippen molar-refractivity contribution in [3.05, 3.63) is 29.8 Å². The van der Waals surface area contributed by atoms with Crippen LogP contribution in [0.3, 0.4) is 0 Å². The van der Waals surface area contributed by atoms with Gasteiger partial charge >= 0.3 is 0 Å². The maximum Gasteiger partial charge on any atom is 0.227 e. The molecule has 0 atom stereocenters. The molecular weight excluding hydrogens is 238 g/mol. The van der Waals surface area contributed by atoms with Gasteiger partial charge in [-0.15, -0.1) is 0 Å². The summed E-state index contributed by atoms with van der Waals surface area (Å²) in [5, 5.41) is 12.0. The lowest BCUT2D eigenvalue weighted by Gasteiger charge is -2.19. The molecular formula is C16H23NO2. The van der Waals surface area contributed by atoms with Gasteiger partial charge in [0.1, 0.15) is 0 Å². The van der Waals surface area contributed by atoms with Crippen LogP contribution in [0, 0.1) is 5.92 Å². The van der Waals surface area contributed by atoms with Gasteiger partial charge in [0.25, 0.3) is 0 Å². The van der Waals surface area contributed by atoms with E-state index >= 15 is 0 Å². The van der Waals surface area contributed by atoms with E-state index in [-0.39, 0.29) is 18.4 Å². The van der Waals surface area contributed by atoms with Crippen molar-refractivity contribution in [2.24, 2.45) is 5.92 Å². The summed E-state index contributed by atoms with van der Waals surface area (Å²) in [4.78, 5) is 12.2. The number of anilines is 1. The Balaban J connectivity index is 1.90. The molecule has 2 N–H and O–H groups in total. The van der Waals surface area contributed by atoms with E-state index in [1.807, 2.05) is 24.3 Å². The van der Waals surface area contributed by atoms with E-state index in [4.69, 9.17) is 5.11 Å². The van der Waals surface area contributed by atoms with E-state index in [1.165, 1.54) is 32.1 Å². The Kier molecular flexibility index (Phi) is 5.40. The molecule has 104 valence electrons. The van der Waals surface area contributed by atoms with E-state index < -0.39 is 0 Å². The second-order valence-electron chi connectivity index (χ2n) is 5.39. The predicted octanol–water partition coefficient (Wildman–Crippen LogP) is 3.48. The lowest BCUT2D eigenvalue weighted by atomic mass is 9.90. The second-order valence-corrected chi connectivity index (χ2v) is 5.39. The zero-order valence-corrected chi connectivity index (χ0v) is 11.4. The van der Waals surface area contributed by atoms with Crippen molar-refractivity contribution in [3.63, 3.8) is 0 Å². The Morgan fingerprint density at radius 3 is 2.21 bits per heavy atom. The number of aliphatic hydroxyl groups is 1. The molecule has 0 bridgehead atoms. The number of nitrogens with one attached hydrogen (secondary N) is 1. The van der Waals surface area contributed by atoms with Crippen LogP contribution in [-0.2, 0) is 11.4 Å². The summed E-state index contributed by atoms with van der Waals surface area (Å²) in [5.74, 6) is 0.316. The van der Waals surface area contributed by atoms with Gasteiger partial charge in [-0.05, 0) is 30.5 Å². The number of rotatable bonds is 3. The highest BCUT2D eigenvalue weighted by molar-refractivity contribution is 5.92. The van der Waals surface area contributed by atoms with Crippen molar-refractivity contribution in [2.45, 2.75) is 51.6 Å². The minimum absolute atomic E-state index is 0.0385. The highest BCUT2D eigenvalue weighted by atomic mass is 16.3. The minimum Gasteiger partial charge on any atom is -0.392 e. The fraction of sp³-hybridized carbons (Fsp3) is 0.562. The Morgan fingerprint density at radius 1 is 1.05 bits per heavy atom. The van der Waals surface area contributed by atoms with Gasteiger partial charge in [-0.1, -0.05) is 44.2 Å². The largest absolute Gasteiger partial charge is 0.392 e. The molecule has 0 saturated heterocycles. The molecule has 0 aliphatic heterocycles. The van der Waals surface area contributed by atoms with Crippen LogP contribution >= 0.6 is 0 Å². The monoisotopic (exact) mass is 261 g/mol. The Labute approximate surface area is 115 Å². The molecule has 1 aliphatic rings. The van der Waals surface area contributed by atoms with Crippen molar-refractivity contribution in [1.82, 2.24) is 0 Å². The molecule has 3 nitrogen and oxygen atoms in total. The van der Waals surface area contributed by atoms with Crippen molar-refractivity contribution < 1.29 is 9.90 Å². The summed E-state index contributed by atoms with van der Waals surface area (Å²) in [7, 11) is 0. The van der Waals surface area contributed by atoms with Gasteiger partial charge in [-0.2, -0.15) is 0 Å². The summed E-state index contributed by atoms with van der Waals surface area (Å²) < 4.78 is 0. The van der Waals surface area contributed by atoms with Crippen LogP contribution in [0.4, 0.5) is 5.69 Å². The van der Waals surface area contributed by atoms with Crippen LogP contribution in [0.2, 0.25) is 0 Å². The molecule has 2 rings (SSSR count). The molecule has 0 aromatic heterocycles. The number of aliphatic hydroxyl groups excluding tert-OH is 1. The third kappa shape index (κ3) is 4.35. The first-order chi connectivity index (χ1) is 9.29. The van der Waals surface area contributed by atoms with Gasteiger partial charge in [-0.3, -0.25) is 4.79 Å². The Bertz CT molecular complexity index is 392. The highest BCUT2D eigenvalue weighted by Gasteiger charge is 2.19. The van der Waals surface area contributed by atoms with Crippen molar-refractivity contribution >= 4 is 11.6 Å². The third-order valence-electron chi connectivity index (χ3n) is 3.88. The van der Waals surface area contributed by atoms with Crippen LogP contribution in [0.25, 0.3) is 0 Å². The maximum absolute atomic E-state index is 12.2.